The molecular formula is C55H107NO10. The van der Waals surface area contributed by atoms with Crippen LogP contribution in [0.25, 0.3) is 0 Å². The maximum absolute atomic E-state index is 13.1. The van der Waals surface area contributed by atoms with Gasteiger partial charge in [0, 0.05) is 0 Å². The van der Waals surface area contributed by atoms with Crippen molar-refractivity contribution in [2.75, 3.05) is 13.2 Å². The predicted octanol–water partition coefficient (Wildman–Crippen LogP) is 11.2. The largest absolute Gasteiger partial charge is 0.394 e. The van der Waals surface area contributed by atoms with Gasteiger partial charge in [0.2, 0.25) is 5.91 Å². The van der Waals surface area contributed by atoms with Gasteiger partial charge in [-0.2, -0.15) is 0 Å². The van der Waals surface area contributed by atoms with Gasteiger partial charge in [-0.3, -0.25) is 4.79 Å². The highest BCUT2D eigenvalue weighted by atomic mass is 16.7. The molecule has 1 heterocycles. The molecular weight excluding hydrogens is 835 g/mol. The van der Waals surface area contributed by atoms with Crippen molar-refractivity contribution < 1.29 is 50.0 Å². The Labute approximate surface area is 404 Å². The molecule has 0 spiro atoms. The first kappa shape index (κ1) is 62.9. The summed E-state index contributed by atoms with van der Waals surface area (Å²) in [7, 11) is 0. The number of hydrogen-bond acceptors (Lipinski definition) is 10. The standard InChI is InChI=1S/C55H107NO10/c1-3-5-7-9-11-13-15-17-19-20-21-22-23-24-25-26-27-29-30-32-34-36-38-40-42-47(58)50(60)46(45-65-55-53(63)52(62)51(61)49(44-57)66-55)56-54(64)48(59)43-41-39-37-35-33-31-28-18-16-14-12-10-8-6-4-2/h34,36,46-53,55,57-63H,3-33,35,37-45H2,1-2H3,(H,56,64)/b36-34+. The zero-order valence-corrected chi connectivity index (χ0v) is 42.7. The molecule has 11 nitrogen and oxygen atoms in total. The van der Waals surface area contributed by atoms with Gasteiger partial charge >= 0.3 is 0 Å². The Bertz CT molecular complexity index is 1080. The second-order valence-corrected chi connectivity index (χ2v) is 20.0. The fourth-order valence-electron chi connectivity index (χ4n) is 9.21. The van der Waals surface area contributed by atoms with Crippen molar-refractivity contribution in [1.29, 1.82) is 0 Å². The molecule has 392 valence electrons. The first-order chi connectivity index (χ1) is 32.2. The number of unbranched alkanes of at least 4 members (excludes halogenated alkanes) is 34. The number of aliphatic hydroxyl groups is 7. The van der Waals surface area contributed by atoms with Crippen molar-refractivity contribution in [2.45, 2.75) is 319 Å². The SMILES string of the molecule is CCCCCCCCCCCCCCCCCCCCC/C=C/CCCC(O)C(O)C(COC1OC(CO)C(O)C(O)C1O)NC(=O)C(O)CCCCCCCCCCCCCCCCC. The average molecular weight is 942 g/mol. The first-order valence-corrected chi connectivity index (χ1v) is 28.1. The van der Waals surface area contributed by atoms with E-state index >= 15 is 0 Å². The maximum atomic E-state index is 13.1. The molecule has 1 amide bonds. The molecule has 0 radical (unpaired) electrons. The molecule has 1 aliphatic rings. The van der Waals surface area contributed by atoms with Gasteiger partial charge in [-0.05, 0) is 38.5 Å². The molecule has 66 heavy (non-hydrogen) atoms. The van der Waals surface area contributed by atoms with Crippen LogP contribution < -0.4 is 5.32 Å². The lowest BCUT2D eigenvalue weighted by Crippen LogP contribution is -2.60. The van der Waals surface area contributed by atoms with Crippen molar-refractivity contribution in [3.8, 4) is 0 Å². The lowest BCUT2D eigenvalue weighted by molar-refractivity contribution is -0.303. The molecule has 9 unspecified atom stereocenters. The van der Waals surface area contributed by atoms with E-state index < -0.39 is 74.2 Å². The van der Waals surface area contributed by atoms with Crippen LogP contribution in [-0.4, -0.2) is 110 Å². The van der Waals surface area contributed by atoms with Crippen LogP contribution in [0.1, 0.15) is 264 Å². The number of allylic oxidation sites excluding steroid dienone is 2. The van der Waals surface area contributed by atoms with Gasteiger partial charge in [0.05, 0.1) is 25.4 Å². The van der Waals surface area contributed by atoms with E-state index in [0.717, 1.165) is 38.5 Å². The van der Waals surface area contributed by atoms with Crippen LogP contribution in [-0.2, 0) is 14.3 Å². The molecule has 11 heteroatoms. The molecule has 1 aliphatic heterocycles. The van der Waals surface area contributed by atoms with Crippen LogP contribution in [0.15, 0.2) is 12.2 Å². The van der Waals surface area contributed by atoms with Crippen LogP contribution in [0, 0.1) is 0 Å². The summed E-state index contributed by atoms with van der Waals surface area (Å²) in [5, 5.41) is 76.0. The number of amides is 1. The number of ether oxygens (including phenoxy) is 2. The number of nitrogens with one attached hydrogen (secondary N) is 1. The molecule has 1 rings (SSSR count). The van der Waals surface area contributed by atoms with Gasteiger partial charge < -0.3 is 50.5 Å². The van der Waals surface area contributed by atoms with Crippen LogP contribution in [0.2, 0.25) is 0 Å². The van der Waals surface area contributed by atoms with Gasteiger partial charge in [0.15, 0.2) is 6.29 Å². The highest BCUT2D eigenvalue weighted by Gasteiger charge is 2.44. The van der Waals surface area contributed by atoms with E-state index in [1.165, 1.54) is 186 Å². The summed E-state index contributed by atoms with van der Waals surface area (Å²) in [6.07, 6.45) is 39.8. The number of rotatable bonds is 48. The Morgan fingerprint density at radius 3 is 1.30 bits per heavy atom. The number of carbonyl (C=O) groups excluding carboxylic acids is 1. The van der Waals surface area contributed by atoms with Crippen LogP contribution in [0.4, 0.5) is 0 Å². The minimum atomic E-state index is -1.66. The average Bonchev–Trinajstić information content (AvgIpc) is 3.32. The van der Waals surface area contributed by atoms with Crippen LogP contribution >= 0.6 is 0 Å². The summed E-state index contributed by atoms with van der Waals surface area (Å²) in [6, 6.07) is -1.18. The van der Waals surface area contributed by atoms with Gasteiger partial charge in [-0.15, -0.1) is 0 Å². The van der Waals surface area contributed by atoms with Crippen molar-refractivity contribution in [2.24, 2.45) is 0 Å². The number of hydrogen-bond donors (Lipinski definition) is 8. The Kier molecular flexibility index (Phi) is 42.9. The van der Waals surface area contributed by atoms with Crippen molar-refractivity contribution >= 4 is 5.91 Å². The Morgan fingerprint density at radius 2 is 0.894 bits per heavy atom. The van der Waals surface area contributed by atoms with Gasteiger partial charge in [-0.1, -0.05) is 238 Å². The smallest absolute Gasteiger partial charge is 0.249 e. The highest BCUT2D eigenvalue weighted by molar-refractivity contribution is 5.80. The lowest BCUT2D eigenvalue weighted by atomic mass is 9.98. The van der Waals surface area contributed by atoms with Crippen molar-refractivity contribution in [1.82, 2.24) is 5.32 Å². The molecule has 9 atom stereocenters. The molecule has 0 aromatic heterocycles. The van der Waals surface area contributed by atoms with E-state index in [1.807, 2.05) is 0 Å². The summed E-state index contributed by atoms with van der Waals surface area (Å²) in [4.78, 5) is 13.1. The third-order valence-electron chi connectivity index (χ3n) is 13.8. The van der Waals surface area contributed by atoms with Crippen molar-refractivity contribution in [3.05, 3.63) is 12.2 Å². The predicted molar refractivity (Wildman–Crippen MR) is 270 cm³/mol. The molecule has 8 N–H and O–H groups in total. The van der Waals surface area contributed by atoms with E-state index in [-0.39, 0.29) is 12.8 Å². The van der Waals surface area contributed by atoms with Gasteiger partial charge in [-0.25, -0.2) is 0 Å². The monoisotopic (exact) mass is 942 g/mol. The molecule has 1 fully saturated rings. The minimum absolute atomic E-state index is 0.259. The van der Waals surface area contributed by atoms with Gasteiger partial charge in [0.25, 0.3) is 0 Å². The van der Waals surface area contributed by atoms with E-state index in [0.29, 0.717) is 12.8 Å². The van der Waals surface area contributed by atoms with E-state index in [4.69, 9.17) is 9.47 Å². The zero-order chi connectivity index (χ0) is 48.3. The first-order valence-electron chi connectivity index (χ1n) is 28.1. The van der Waals surface area contributed by atoms with Crippen LogP contribution in [0.3, 0.4) is 0 Å². The third-order valence-corrected chi connectivity index (χ3v) is 13.8. The summed E-state index contributed by atoms with van der Waals surface area (Å²) in [5.41, 5.74) is 0. The molecule has 0 bridgehead atoms. The lowest BCUT2D eigenvalue weighted by Gasteiger charge is -2.40. The fraction of sp³-hybridized carbons (Fsp3) is 0.945. The normalized spacial score (nSPS) is 20.8. The Balaban J connectivity index is 2.33. The molecule has 1 saturated heterocycles. The highest BCUT2D eigenvalue weighted by Crippen LogP contribution is 2.23. The summed E-state index contributed by atoms with van der Waals surface area (Å²) < 4.78 is 11.1. The van der Waals surface area contributed by atoms with E-state index in [1.54, 1.807) is 0 Å². The second-order valence-electron chi connectivity index (χ2n) is 20.0. The van der Waals surface area contributed by atoms with Crippen molar-refractivity contribution in [3.63, 3.8) is 0 Å². The fourth-order valence-corrected chi connectivity index (χ4v) is 9.21. The topological polar surface area (TPSA) is 189 Å². The van der Waals surface area contributed by atoms with Gasteiger partial charge in [0.1, 0.15) is 36.6 Å². The molecule has 0 aliphatic carbocycles. The van der Waals surface area contributed by atoms with Crippen LogP contribution in [0.5, 0.6) is 0 Å². The minimum Gasteiger partial charge on any atom is -0.394 e. The third kappa shape index (κ3) is 33.4. The zero-order valence-electron chi connectivity index (χ0n) is 42.7. The molecule has 0 aromatic carbocycles. The number of aliphatic hydroxyl groups excluding tert-OH is 7. The maximum Gasteiger partial charge on any atom is 0.249 e. The Morgan fingerprint density at radius 1 is 0.515 bits per heavy atom. The van der Waals surface area contributed by atoms with E-state index in [9.17, 15) is 40.5 Å². The number of carbonyl (C=O) groups is 1. The Hall–Kier alpha value is -1.15. The molecule has 0 saturated carbocycles. The summed E-state index contributed by atoms with van der Waals surface area (Å²) in [5.74, 6) is -0.702. The second kappa shape index (κ2) is 45.0. The molecule has 0 aromatic rings. The summed E-state index contributed by atoms with van der Waals surface area (Å²) >= 11 is 0. The summed E-state index contributed by atoms with van der Waals surface area (Å²) in [6.45, 7) is 3.46. The quantitative estimate of drug-likeness (QED) is 0.0215. The van der Waals surface area contributed by atoms with E-state index in [2.05, 4.69) is 31.3 Å².